The van der Waals surface area contributed by atoms with Crippen LogP contribution < -0.4 is 21.3 Å². The number of hydrogen-bond acceptors (Lipinski definition) is 9. The summed E-state index contributed by atoms with van der Waals surface area (Å²) in [6.07, 6.45) is 31.9. The first-order chi connectivity index (χ1) is 33.6. The summed E-state index contributed by atoms with van der Waals surface area (Å²) in [5.74, 6) is 3.75. The number of amides is 1. The van der Waals surface area contributed by atoms with Crippen LogP contribution in [0.15, 0.2) is 0 Å². The van der Waals surface area contributed by atoms with Gasteiger partial charge in [0.25, 0.3) is 0 Å². The number of ketones is 2. The Morgan fingerprint density at radius 3 is 1.81 bits per heavy atom. The molecule has 1 amide bonds. The van der Waals surface area contributed by atoms with Crippen LogP contribution in [0.2, 0.25) is 0 Å². The van der Waals surface area contributed by atoms with E-state index >= 15 is 14.4 Å². The van der Waals surface area contributed by atoms with Gasteiger partial charge in [-0.3, -0.25) is 25.0 Å². The van der Waals surface area contributed by atoms with Crippen molar-refractivity contribution in [2.75, 3.05) is 31.2 Å². The molecule has 5 N–H and O–H groups in total. The summed E-state index contributed by atoms with van der Waals surface area (Å²) in [5, 5.41) is 25.9. The maximum Gasteiger partial charge on any atom is 0.238 e. The number of rotatable bonds is 11. The van der Waals surface area contributed by atoms with Crippen molar-refractivity contribution < 1.29 is 24.2 Å². The molecular formula is C60H112N4O5S. The molecule has 2 aliphatic carbocycles. The highest BCUT2D eigenvalue weighted by molar-refractivity contribution is 7.99. The third-order valence-corrected chi connectivity index (χ3v) is 20.3. The van der Waals surface area contributed by atoms with E-state index in [4.69, 9.17) is 4.74 Å². The fraction of sp³-hybridized carbons (Fsp3) is 0.950. The monoisotopic (exact) mass is 1000 g/mol. The van der Waals surface area contributed by atoms with Crippen molar-refractivity contribution >= 4 is 29.2 Å². The van der Waals surface area contributed by atoms with E-state index in [2.05, 4.69) is 76.7 Å². The van der Waals surface area contributed by atoms with Gasteiger partial charge < -0.3 is 20.5 Å². The molecule has 2 heterocycles. The highest BCUT2D eigenvalue weighted by Gasteiger charge is 2.50. The number of ether oxygens (including phenoxy) is 1. The minimum absolute atomic E-state index is 0.0988. The number of carbonyl (C=O) groups excluding carboxylic acids is 3. The van der Waals surface area contributed by atoms with Crippen molar-refractivity contribution in [1.82, 2.24) is 21.3 Å². The van der Waals surface area contributed by atoms with Gasteiger partial charge in [-0.05, 0) is 139 Å². The number of carbonyl (C=O) groups is 3. The van der Waals surface area contributed by atoms with E-state index in [1.165, 1.54) is 70.0 Å². The van der Waals surface area contributed by atoms with Gasteiger partial charge in [0.15, 0.2) is 11.6 Å². The number of thioether (sulfide) groups is 1. The number of aliphatic hydroxyl groups is 1. The Bertz CT molecular complexity index is 1500. The molecule has 4 rings (SSSR count). The predicted octanol–water partition coefficient (Wildman–Crippen LogP) is 13.6. The lowest BCUT2D eigenvalue weighted by molar-refractivity contribution is -0.142. The quantitative estimate of drug-likeness (QED) is 0.137. The second kappa shape index (κ2) is 31.1. The van der Waals surface area contributed by atoms with Crippen molar-refractivity contribution in [2.24, 2.45) is 28.6 Å². The summed E-state index contributed by atoms with van der Waals surface area (Å²) in [5.41, 5.74) is -2.37. The molecule has 10 heteroatoms. The van der Waals surface area contributed by atoms with Crippen LogP contribution in [-0.4, -0.2) is 88.8 Å². The third kappa shape index (κ3) is 18.4. The summed E-state index contributed by atoms with van der Waals surface area (Å²) < 4.78 is 6.97. The van der Waals surface area contributed by atoms with E-state index < -0.39 is 34.8 Å². The van der Waals surface area contributed by atoms with Gasteiger partial charge >= 0.3 is 0 Å². The maximum atomic E-state index is 16.2. The van der Waals surface area contributed by atoms with Crippen molar-refractivity contribution in [3.05, 3.63) is 0 Å². The lowest BCUT2D eigenvalue weighted by Crippen LogP contribution is -2.66. The van der Waals surface area contributed by atoms with E-state index in [1.807, 2.05) is 18.7 Å². The van der Waals surface area contributed by atoms with E-state index in [0.717, 1.165) is 127 Å². The molecule has 9 nitrogen and oxygen atoms in total. The van der Waals surface area contributed by atoms with Gasteiger partial charge in [0.2, 0.25) is 5.91 Å². The molecule has 7 atom stereocenters. The number of hydrogen-bond donors (Lipinski definition) is 5. The van der Waals surface area contributed by atoms with Crippen LogP contribution in [0.1, 0.15) is 268 Å². The molecule has 4 aliphatic rings. The molecule has 0 aromatic carbocycles. The zero-order valence-electron chi connectivity index (χ0n) is 47.1. The number of aliphatic hydroxyl groups excluding tert-OH is 1. The number of Topliss-reactive ketones (excluding diaryl/α,β-unsaturated/α-hetero) is 2. The zero-order valence-corrected chi connectivity index (χ0v) is 47.9. The first kappa shape index (κ1) is 61.5. The Kier molecular flexibility index (Phi) is 27.3. The normalized spacial score (nSPS) is 31.4. The van der Waals surface area contributed by atoms with Gasteiger partial charge in [-0.2, -0.15) is 11.8 Å². The SMILES string of the molecule is CCC1(CC)CCNC(O)CCC(C)(C)C2CCCCCCCC(N[C@H](C(=O)N[C@@H](C)C(=O)C34CCCCCCCC(CCCC3)CSCCN4)C(C)C)(CCCCCC2)C(=O)C(CC)(CC)CCO1. The van der Waals surface area contributed by atoms with Gasteiger partial charge in [0.1, 0.15) is 6.23 Å². The lowest BCUT2D eigenvalue weighted by atomic mass is 9.65. The van der Waals surface area contributed by atoms with Crippen LogP contribution in [0.4, 0.5) is 0 Å². The Hall–Kier alpha value is -1.04. The highest BCUT2D eigenvalue weighted by Crippen LogP contribution is 2.43. The van der Waals surface area contributed by atoms with Crippen LogP contribution in [-0.2, 0) is 19.1 Å². The van der Waals surface area contributed by atoms with Crippen molar-refractivity contribution in [3.8, 4) is 0 Å². The fourth-order valence-electron chi connectivity index (χ4n) is 13.6. The van der Waals surface area contributed by atoms with Crippen molar-refractivity contribution in [1.29, 1.82) is 0 Å². The molecule has 0 spiro atoms. The standard InChI is InChI=1S/C60H112N4O5S/c1-10-57(11-2)41-44-69-58(12-3,13-4)40-42-61-51(65)34-39-56(8,9)50-32-23-17-15-20-27-37-60(55(57)68,38-28-21-18-24-33-50)64-52(47(5)6)54(67)63-48(7)53(66)59-35-26-19-14-16-22-30-49(31-25-29-36-59)46-70-45-43-62-59/h47-52,61-62,64-65H,10-46H2,1-9H3,(H,63,67)/t48-,49?,50?,51?,52-,59?,60?/m0/s1. The van der Waals surface area contributed by atoms with E-state index in [9.17, 15) is 5.11 Å². The Labute approximate surface area is 435 Å². The second-order valence-electron chi connectivity index (χ2n) is 24.6. The summed E-state index contributed by atoms with van der Waals surface area (Å²) in [6.45, 7) is 21.8. The summed E-state index contributed by atoms with van der Waals surface area (Å²) in [4.78, 5) is 46.4. The smallest absolute Gasteiger partial charge is 0.238 e. The molecule has 5 unspecified atom stereocenters. The fourth-order valence-corrected chi connectivity index (χ4v) is 14.7. The summed E-state index contributed by atoms with van der Waals surface area (Å²) in [6, 6.07) is -1.29. The van der Waals surface area contributed by atoms with Crippen LogP contribution in [0, 0.1) is 28.6 Å². The first-order valence-electron chi connectivity index (χ1n) is 30.1. The Balaban J connectivity index is 1.71. The molecule has 4 fully saturated rings. The topological polar surface area (TPSA) is 129 Å². The van der Waals surface area contributed by atoms with Gasteiger partial charge in [-0.25, -0.2) is 0 Å². The van der Waals surface area contributed by atoms with Crippen LogP contribution >= 0.6 is 11.8 Å². The third-order valence-electron chi connectivity index (χ3n) is 19.1. The largest absolute Gasteiger partial charge is 0.379 e. The van der Waals surface area contributed by atoms with Gasteiger partial charge in [0, 0.05) is 30.9 Å². The lowest BCUT2D eigenvalue weighted by Gasteiger charge is -2.45. The molecule has 0 radical (unpaired) electrons. The molecule has 4 bridgehead atoms. The van der Waals surface area contributed by atoms with Gasteiger partial charge in [-0.1, -0.05) is 158 Å². The van der Waals surface area contributed by atoms with E-state index in [0.29, 0.717) is 51.2 Å². The van der Waals surface area contributed by atoms with Crippen molar-refractivity contribution in [2.45, 2.75) is 303 Å². The van der Waals surface area contributed by atoms with Crippen LogP contribution in [0.3, 0.4) is 0 Å². The number of nitrogens with one attached hydrogen (secondary N) is 4. The van der Waals surface area contributed by atoms with Gasteiger partial charge in [0.05, 0.1) is 28.8 Å². The minimum Gasteiger partial charge on any atom is -0.379 e. The molecule has 2 saturated carbocycles. The molecule has 408 valence electrons. The van der Waals surface area contributed by atoms with E-state index in [1.54, 1.807) is 0 Å². The van der Waals surface area contributed by atoms with E-state index in [-0.39, 0.29) is 34.4 Å². The highest BCUT2D eigenvalue weighted by atomic mass is 32.2. The van der Waals surface area contributed by atoms with Gasteiger partial charge in [-0.15, -0.1) is 0 Å². The molecule has 70 heavy (non-hydrogen) atoms. The zero-order chi connectivity index (χ0) is 51.1. The second-order valence-corrected chi connectivity index (χ2v) is 25.7. The Morgan fingerprint density at radius 2 is 1.23 bits per heavy atom. The Morgan fingerprint density at radius 1 is 0.686 bits per heavy atom. The predicted molar refractivity (Wildman–Crippen MR) is 296 cm³/mol. The van der Waals surface area contributed by atoms with Crippen LogP contribution in [0.5, 0.6) is 0 Å². The maximum absolute atomic E-state index is 16.2. The summed E-state index contributed by atoms with van der Waals surface area (Å²) >= 11 is 2.04. The van der Waals surface area contributed by atoms with Crippen LogP contribution in [0.25, 0.3) is 0 Å². The molecule has 0 aromatic rings. The molecular weight excluding hydrogens is 889 g/mol. The average Bonchev–Trinajstić information content (AvgIpc) is 3.38. The van der Waals surface area contributed by atoms with Crippen molar-refractivity contribution in [3.63, 3.8) is 0 Å². The molecule has 2 aliphatic heterocycles. The summed E-state index contributed by atoms with van der Waals surface area (Å²) in [7, 11) is 0. The molecule has 0 aromatic heterocycles. The molecule has 2 saturated heterocycles. The average molecular weight is 1000 g/mol. The number of fused-ring (bicyclic) bond motifs is 12. The minimum atomic E-state index is -0.890. The first-order valence-corrected chi connectivity index (χ1v) is 31.3.